The quantitative estimate of drug-likeness (QED) is 0.800. The van der Waals surface area contributed by atoms with Crippen LogP contribution in [0, 0.1) is 0 Å². The van der Waals surface area contributed by atoms with Crippen LogP contribution < -0.4 is 5.32 Å². The summed E-state index contributed by atoms with van der Waals surface area (Å²) < 4.78 is 0. The van der Waals surface area contributed by atoms with E-state index in [0.29, 0.717) is 4.88 Å². The molecule has 5 nitrogen and oxygen atoms in total. The maximum atomic E-state index is 11.8. The topological polar surface area (TPSA) is 79.3 Å². The second-order valence-corrected chi connectivity index (χ2v) is 5.85. The molecule has 0 aliphatic heterocycles. The molecule has 2 N–H and O–H groups in total. The molecule has 0 bridgehead atoms. The summed E-state index contributed by atoms with van der Waals surface area (Å²) in [5, 5.41) is 13.5. The van der Waals surface area contributed by atoms with Gasteiger partial charge in [0.2, 0.25) is 5.91 Å². The van der Waals surface area contributed by atoms with Crippen LogP contribution in [0.3, 0.4) is 0 Å². The number of hydrogen-bond donors (Lipinski definition) is 2. The second-order valence-electron chi connectivity index (χ2n) is 3.83. The van der Waals surface area contributed by atoms with Gasteiger partial charge in [0, 0.05) is 22.2 Å². The van der Waals surface area contributed by atoms with E-state index < -0.39 is 12.0 Å². The number of carboxylic acids is 1. The summed E-state index contributed by atoms with van der Waals surface area (Å²) in [4.78, 5) is 28.4. The first-order valence-corrected chi connectivity index (χ1v) is 7.62. The van der Waals surface area contributed by atoms with E-state index in [0.717, 1.165) is 4.90 Å². The summed E-state index contributed by atoms with van der Waals surface area (Å²) in [5.74, 6) is -1.21. The first kappa shape index (κ1) is 14.5. The number of thioether (sulfide) groups is 1. The summed E-state index contributed by atoms with van der Waals surface area (Å²) in [6.45, 7) is 0. The van der Waals surface area contributed by atoms with Gasteiger partial charge in [-0.15, -0.1) is 23.1 Å². The lowest BCUT2D eigenvalue weighted by atomic mass is 10.2. The van der Waals surface area contributed by atoms with Crippen molar-refractivity contribution in [3.05, 3.63) is 46.9 Å². The first-order chi connectivity index (χ1) is 9.66. The number of nitrogens with zero attached hydrogens (tertiary/aromatic N) is 1. The molecule has 1 amide bonds. The Morgan fingerprint density at radius 2 is 2.10 bits per heavy atom. The summed E-state index contributed by atoms with van der Waals surface area (Å²) in [6, 6.07) is 6.06. The first-order valence-electron chi connectivity index (χ1n) is 5.75. The number of rotatable bonds is 6. The van der Waals surface area contributed by atoms with Crippen molar-refractivity contribution >= 4 is 35.0 Å². The van der Waals surface area contributed by atoms with Gasteiger partial charge in [-0.2, -0.15) is 0 Å². The predicted octanol–water partition coefficient (Wildman–Crippen LogP) is 2.18. The lowest BCUT2D eigenvalue weighted by molar-refractivity contribution is -0.141. The second kappa shape index (κ2) is 7.06. The molecule has 1 unspecified atom stereocenters. The van der Waals surface area contributed by atoms with E-state index in [1.807, 2.05) is 0 Å². The minimum Gasteiger partial charge on any atom is -0.479 e. The van der Waals surface area contributed by atoms with Crippen LogP contribution in [0.4, 0.5) is 0 Å². The number of aromatic nitrogens is 1. The molecule has 2 rings (SSSR count). The smallest absolute Gasteiger partial charge is 0.331 e. The molecule has 0 fully saturated rings. The van der Waals surface area contributed by atoms with Crippen molar-refractivity contribution in [2.75, 3.05) is 5.75 Å². The van der Waals surface area contributed by atoms with E-state index in [1.54, 1.807) is 42.0 Å². The van der Waals surface area contributed by atoms with Crippen molar-refractivity contribution in [3.63, 3.8) is 0 Å². The van der Waals surface area contributed by atoms with E-state index in [9.17, 15) is 9.59 Å². The van der Waals surface area contributed by atoms with Gasteiger partial charge in [-0.3, -0.25) is 9.78 Å². The number of carboxylic acid groups (broad SMARTS) is 1. The molecule has 20 heavy (non-hydrogen) atoms. The summed E-state index contributed by atoms with van der Waals surface area (Å²) >= 11 is 2.64. The monoisotopic (exact) mass is 308 g/mol. The highest BCUT2D eigenvalue weighted by Crippen LogP contribution is 2.20. The number of nitrogens with one attached hydrogen (secondary N) is 1. The fraction of sp³-hybridized carbons (Fsp3) is 0.154. The van der Waals surface area contributed by atoms with E-state index in [1.165, 1.54) is 23.1 Å². The average molecular weight is 308 g/mol. The molecule has 0 aromatic carbocycles. The molecular weight excluding hydrogens is 296 g/mol. The number of carbonyl (C=O) groups is 2. The van der Waals surface area contributed by atoms with Crippen LogP contribution in [0.2, 0.25) is 0 Å². The Kier molecular flexibility index (Phi) is 5.14. The van der Waals surface area contributed by atoms with Gasteiger partial charge in [-0.05, 0) is 23.6 Å². The molecule has 2 aromatic heterocycles. The van der Waals surface area contributed by atoms with E-state index in [2.05, 4.69) is 10.3 Å². The molecule has 0 radical (unpaired) electrons. The minimum atomic E-state index is -1.06. The third-order valence-corrected chi connectivity index (χ3v) is 4.35. The molecule has 0 aliphatic rings. The van der Waals surface area contributed by atoms with Gasteiger partial charge in [-0.25, -0.2) is 4.79 Å². The van der Waals surface area contributed by atoms with Crippen LogP contribution in [0.1, 0.15) is 10.9 Å². The van der Waals surface area contributed by atoms with Crippen molar-refractivity contribution in [1.82, 2.24) is 10.3 Å². The predicted molar refractivity (Wildman–Crippen MR) is 77.8 cm³/mol. The number of hydrogen-bond acceptors (Lipinski definition) is 5. The Hall–Kier alpha value is -1.86. The van der Waals surface area contributed by atoms with Crippen LogP contribution >= 0.6 is 23.1 Å². The largest absolute Gasteiger partial charge is 0.479 e. The molecule has 0 spiro atoms. The summed E-state index contributed by atoms with van der Waals surface area (Å²) in [6.07, 6.45) is 3.29. The third-order valence-electron chi connectivity index (χ3n) is 2.40. The van der Waals surface area contributed by atoms with E-state index in [-0.39, 0.29) is 11.7 Å². The van der Waals surface area contributed by atoms with E-state index >= 15 is 0 Å². The molecule has 0 saturated heterocycles. The van der Waals surface area contributed by atoms with Gasteiger partial charge in [-0.1, -0.05) is 6.07 Å². The van der Waals surface area contributed by atoms with E-state index in [4.69, 9.17) is 5.11 Å². The normalized spacial score (nSPS) is 11.8. The van der Waals surface area contributed by atoms with Crippen molar-refractivity contribution < 1.29 is 14.7 Å². The molecule has 0 aliphatic carbocycles. The van der Waals surface area contributed by atoms with Crippen LogP contribution in [-0.4, -0.2) is 27.7 Å². The Morgan fingerprint density at radius 3 is 2.70 bits per heavy atom. The Balaban J connectivity index is 1.91. The average Bonchev–Trinajstić information content (AvgIpc) is 2.97. The zero-order chi connectivity index (χ0) is 14.4. The van der Waals surface area contributed by atoms with Crippen molar-refractivity contribution in [1.29, 1.82) is 0 Å². The fourth-order valence-corrected chi connectivity index (χ4v) is 2.96. The Morgan fingerprint density at radius 1 is 1.35 bits per heavy atom. The van der Waals surface area contributed by atoms with Crippen molar-refractivity contribution in [2.24, 2.45) is 0 Å². The van der Waals surface area contributed by atoms with Gasteiger partial charge in [0.05, 0.1) is 5.75 Å². The molecule has 7 heteroatoms. The Labute approximate surface area is 124 Å². The SMILES string of the molecule is O=C(CSc1ccncc1)NC(C(=O)O)c1cccs1. The maximum absolute atomic E-state index is 11.8. The van der Waals surface area contributed by atoms with Crippen LogP contribution in [0.15, 0.2) is 46.9 Å². The molecule has 0 saturated carbocycles. The van der Waals surface area contributed by atoms with Gasteiger partial charge in [0.1, 0.15) is 0 Å². The standard InChI is InChI=1S/C13H12N2O3S2/c16-11(8-20-9-3-5-14-6-4-9)15-12(13(17)18)10-2-1-7-19-10/h1-7,12H,8H2,(H,15,16)(H,17,18). The van der Waals surface area contributed by atoms with Crippen molar-refractivity contribution in [3.8, 4) is 0 Å². The molecule has 1 atom stereocenters. The number of carbonyl (C=O) groups excluding carboxylic acids is 1. The van der Waals surface area contributed by atoms with Crippen LogP contribution in [0.5, 0.6) is 0 Å². The zero-order valence-corrected chi connectivity index (χ0v) is 12.0. The van der Waals surface area contributed by atoms with Gasteiger partial charge >= 0.3 is 5.97 Å². The maximum Gasteiger partial charge on any atom is 0.331 e. The lowest BCUT2D eigenvalue weighted by Gasteiger charge is -2.12. The fourth-order valence-electron chi connectivity index (χ4n) is 1.50. The zero-order valence-electron chi connectivity index (χ0n) is 10.4. The van der Waals surface area contributed by atoms with Gasteiger partial charge in [0.25, 0.3) is 0 Å². The van der Waals surface area contributed by atoms with Gasteiger partial charge < -0.3 is 10.4 Å². The molecule has 2 aromatic rings. The highest BCUT2D eigenvalue weighted by atomic mass is 32.2. The third kappa shape index (κ3) is 4.07. The lowest BCUT2D eigenvalue weighted by Crippen LogP contribution is -2.34. The Bertz CT molecular complexity index is 573. The number of thiophene rings is 1. The highest BCUT2D eigenvalue weighted by Gasteiger charge is 2.22. The van der Waals surface area contributed by atoms with Gasteiger partial charge in [0.15, 0.2) is 6.04 Å². The highest BCUT2D eigenvalue weighted by molar-refractivity contribution is 8.00. The molecular formula is C13H12N2O3S2. The van der Waals surface area contributed by atoms with Crippen LogP contribution in [-0.2, 0) is 9.59 Å². The molecule has 2 heterocycles. The molecule has 104 valence electrons. The minimum absolute atomic E-state index is 0.166. The number of amides is 1. The number of pyridine rings is 1. The van der Waals surface area contributed by atoms with Crippen LogP contribution in [0.25, 0.3) is 0 Å². The number of aliphatic carboxylic acids is 1. The summed E-state index contributed by atoms with van der Waals surface area (Å²) in [5.41, 5.74) is 0. The van der Waals surface area contributed by atoms with Crippen molar-refractivity contribution in [2.45, 2.75) is 10.9 Å². The summed E-state index contributed by atoms with van der Waals surface area (Å²) in [7, 11) is 0.